The van der Waals surface area contributed by atoms with E-state index in [1.165, 1.54) is 0 Å². The summed E-state index contributed by atoms with van der Waals surface area (Å²) in [6.45, 7) is 1.85. The first-order valence-electron chi connectivity index (χ1n) is 8.17. The maximum atomic E-state index is 12.5. The van der Waals surface area contributed by atoms with E-state index in [-0.39, 0.29) is 11.8 Å². The minimum Gasteiger partial charge on any atom is -0.322 e. The molecule has 0 unspecified atom stereocenters. The topological polar surface area (TPSA) is 58.2 Å². The number of hydrogen-bond donors (Lipinski definition) is 2. The normalized spacial score (nSPS) is 10.3. The lowest BCUT2D eigenvalue weighted by Gasteiger charge is -2.14. The standard InChI is InChI=1S/C21H16Br2N2O2/c1-13-18(24-20(26)14-5-2-7-16(22)11-14)9-4-10-19(13)25-21(27)15-6-3-8-17(23)12-15/h2-12H,1H3,(H,24,26)(H,25,27). The van der Waals surface area contributed by atoms with E-state index < -0.39 is 0 Å². The van der Waals surface area contributed by atoms with Gasteiger partial charge in [-0.1, -0.05) is 50.1 Å². The Labute approximate surface area is 174 Å². The second-order valence-corrected chi connectivity index (χ2v) is 7.74. The van der Waals surface area contributed by atoms with E-state index in [0.717, 1.165) is 14.5 Å². The Morgan fingerprint density at radius 1 is 0.704 bits per heavy atom. The molecule has 0 aliphatic carbocycles. The molecule has 0 atom stereocenters. The summed E-state index contributed by atoms with van der Waals surface area (Å²) >= 11 is 6.73. The van der Waals surface area contributed by atoms with E-state index in [9.17, 15) is 9.59 Å². The summed E-state index contributed by atoms with van der Waals surface area (Å²) in [6.07, 6.45) is 0. The molecule has 0 aromatic heterocycles. The predicted octanol–water partition coefficient (Wildman–Crippen LogP) is 6.02. The fourth-order valence-electron chi connectivity index (χ4n) is 2.55. The van der Waals surface area contributed by atoms with Gasteiger partial charge in [0.05, 0.1) is 0 Å². The van der Waals surface area contributed by atoms with Gasteiger partial charge in [0.25, 0.3) is 11.8 Å². The molecule has 0 spiro atoms. The molecule has 2 amide bonds. The van der Waals surface area contributed by atoms with Gasteiger partial charge in [-0.25, -0.2) is 0 Å². The second kappa shape index (κ2) is 8.50. The van der Waals surface area contributed by atoms with E-state index in [0.29, 0.717) is 22.5 Å². The van der Waals surface area contributed by atoms with Crippen molar-refractivity contribution in [3.8, 4) is 0 Å². The Balaban J connectivity index is 1.79. The molecule has 0 saturated carbocycles. The van der Waals surface area contributed by atoms with E-state index in [2.05, 4.69) is 42.5 Å². The highest BCUT2D eigenvalue weighted by Crippen LogP contribution is 2.25. The van der Waals surface area contributed by atoms with Gasteiger partial charge in [0.15, 0.2) is 0 Å². The molecule has 0 bridgehead atoms. The van der Waals surface area contributed by atoms with Crippen molar-refractivity contribution in [2.45, 2.75) is 6.92 Å². The molecule has 3 rings (SSSR count). The third-order valence-electron chi connectivity index (χ3n) is 4.00. The van der Waals surface area contributed by atoms with Crippen molar-refractivity contribution in [3.63, 3.8) is 0 Å². The van der Waals surface area contributed by atoms with Gasteiger partial charge in [-0.3, -0.25) is 9.59 Å². The number of halogens is 2. The van der Waals surface area contributed by atoms with Crippen LogP contribution < -0.4 is 10.6 Å². The molecular weight excluding hydrogens is 472 g/mol. The van der Waals surface area contributed by atoms with Gasteiger partial charge in [0.1, 0.15) is 0 Å². The molecular formula is C21H16Br2N2O2. The van der Waals surface area contributed by atoms with Crippen LogP contribution in [-0.4, -0.2) is 11.8 Å². The molecule has 27 heavy (non-hydrogen) atoms. The average molecular weight is 488 g/mol. The van der Waals surface area contributed by atoms with Crippen LogP contribution in [0.1, 0.15) is 26.3 Å². The first-order chi connectivity index (χ1) is 12.9. The number of carbonyl (C=O) groups is 2. The lowest BCUT2D eigenvalue weighted by atomic mass is 10.1. The van der Waals surface area contributed by atoms with Crippen LogP contribution in [0.3, 0.4) is 0 Å². The molecule has 4 nitrogen and oxygen atoms in total. The number of carbonyl (C=O) groups excluding carboxylic acids is 2. The quantitative estimate of drug-likeness (QED) is 0.472. The largest absolute Gasteiger partial charge is 0.322 e. The zero-order valence-corrected chi connectivity index (χ0v) is 17.6. The maximum absolute atomic E-state index is 12.5. The highest BCUT2D eigenvalue weighted by Gasteiger charge is 2.12. The summed E-state index contributed by atoms with van der Waals surface area (Å²) in [5, 5.41) is 5.80. The van der Waals surface area contributed by atoms with Crippen LogP contribution in [0.25, 0.3) is 0 Å². The van der Waals surface area contributed by atoms with E-state index >= 15 is 0 Å². The molecule has 0 saturated heterocycles. The van der Waals surface area contributed by atoms with Crippen molar-refractivity contribution < 1.29 is 9.59 Å². The van der Waals surface area contributed by atoms with Crippen molar-refractivity contribution in [2.24, 2.45) is 0 Å². The summed E-state index contributed by atoms with van der Waals surface area (Å²) in [5.41, 5.74) is 3.17. The molecule has 2 N–H and O–H groups in total. The van der Waals surface area contributed by atoms with Gasteiger partial charge in [-0.05, 0) is 61.0 Å². The molecule has 0 radical (unpaired) electrons. The minimum absolute atomic E-state index is 0.213. The van der Waals surface area contributed by atoms with Gasteiger partial charge < -0.3 is 10.6 Å². The monoisotopic (exact) mass is 486 g/mol. The molecule has 3 aromatic rings. The van der Waals surface area contributed by atoms with Crippen molar-refractivity contribution in [2.75, 3.05) is 10.6 Å². The smallest absolute Gasteiger partial charge is 0.255 e. The van der Waals surface area contributed by atoms with Crippen molar-refractivity contribution in [3.05, 3.63) is 92.4 Å². The Kier molecular flexibility index (Phi) is 6.08. The Morgan fingerprint density at radius 3 is 1.52 bits per heavy atom. The number of hydrogen-bond acceptors (Lipinski definition) is 2. The van der Waals surface area contributed by atoms with Crippen molar-refractivity contribution >= 4 is 55.0 Å². The number of anilines is 2. The van der Waals surface area contributed by atoms with E-state index in [4.69, 9.17) is 0 Å². The highest BCUT2D eigenvalue weighted by atomic mass is 79.9. The van der Waals surface area contributed by atoms with Crippen molar-refractivity contribution in [1.29, 1.82) is 0 Å². The summed E-state index contributed by atoms with van der Waals surface area (Å²) < 4.78 is 1.67. The summed E-state index contributed by atoms with van der Waals surface area (Å²) in [6, 6.07) is 19.7. The lowest BCUT2D eigenvalue weighted by Crippen LogP contribution is -2.15. The van der Waals surface area contributed by atoms with Crippen molar-refractivity contribution in [1.82, 2.24) is 0 Å². The van der Waals surface area contributed by atoms with Crippen LogP contribution in [0, 0.1) is 6.92 Å². The van der Waals surface area contributed by atoms with Crippen LogP contribution in [0.15, 0.2) is 75.7 Å². The van der Waals surface area contributed by atoms with Crippen LogP contribution in [0.4, 0.5) is 11.4 Å². The first kappa shape index (κ1) is 19.3. The Hall–Kier alpha value is -2.44. The summed E-state index contributed by atoms with van der Waals surface area (Å²) in [5.74, 6) is -0.426. The van der Waals surface area contributed by atoms with Crippen LogP contribution in [-0.2, 0) is 0 Å². The molecule has 0 aliphatic rings. The molecule has 0 fully saturated rings. The number of amides is 2. The highest BCUT2D eigenvalue weighted by molar-refractivity contribution is 9.10. The average Bonchev–Trinajstić information content (AvgIpc) is 2.65. The molecule has 0 heterocycles. The maximum Gasteiger partial charge on any atom is 0.255 e. The number of rotatable bonds is 4. The summed E-state index contributed by atoms with van der Waals surface area (Å²) in [7, 11) is 0. The third-order valence-corrected chi connectivity index (χ3v) is 4.99. The zero-order valence-electron chi connectivity index (χ0n) is 14.4. The summed E-state index contributed by atoms with van der Waals surface area (Å²) in [4.78, 5) is 25.0. The van der Waals surface area contributed by atoms with Gasteiger partial charge in [0, 0.05) is 31.4 Å². The van der Waals surface area contributed by atoms with Gasteiger partial charge in [-0.15, -0.1) is 0 Å². The zero-order chi connectivity index (χ0) is 19.4. The van der Waals surface area contributed by atoms with E-state index in [1.807, 2.05) is 19.1 Å². The molecule has 0 aliphatic heterocycles. The fourth-order valence-corrected chi connectivity index (χ4v) is 3.35. The second-order valence-electron chi connectivity index (χ2n) is 5.91. The van der Waals surface area contributed by atoms with Crippen LogP contribution in [0.2, 0.25) is 0 Å². The number of nitrogens with one attached hydrogen (secondary N) is 2. The van der Waals surface area contributed by atoms with Crippen LogP contribution >= 0.6 is 31.9 Å². The Bertz CT molecular complexity index is 941. The lowest BCUT2D eigenvalue weighted by molar-refractivity contribution is 0.101. The SMILES string of the molecule is Cc1c(NC(=O)c2cccc(Br)c2)cccc1NC(=O)c1cccc(Br)c1. The molecule has 3 aromatic carbocycles. The minimum atomic E-state index is -0.213. The fraction of sp³-hybridized carbons (Fsp3) is 0.0476. The predicted molar refractivity (Wildman–Crippen MR) is 115 cm³/mol. The first-order valence-corrected chi connectivity index (χ1v) is 9.76. The molecule has 136 valence electrons. The Morgan fingerprint density at radius 2 is 1.11 bits per heavy atom. The number of benzene rings is 3. The van der Waals surface area contributed by atoms with E-state index in [1.54, 1.807) is 54.6 Å². The van der Waals surface area contributed by atoms with Gasteiger partial charge in [0.2, 0.25) is 0 Å². The van der Waals surface area contributed by atoms with Gasteiger partial charge in [-0.2, -0.15) is 0 Å². The van der Waals surface area contributed by atoms with Crippen LogP contribution in [0.5, 0.6) is 0 Å². The van der Waals surface area contributed by atoms with Gasteiger partial charge >= 0.3 is 0 Å². The molecule has 6 heteroatoms. The third kappa shape index (κ3) is 4.84.